The van der Waals surface area contributed by atoms with Crippen molar-refractivity contribution >= 4 is 6.03 Å². The van der Waals surface area contributed by atoms with Crippen molar-refractivity contribution in [2.45, 2.75) is 19.5 Å². The van der Waals surface area contributed by atoms with Crippen molar-refractivity contribution in [2.24, 2.45) is 5.73 Å². The SMILES string of the molecule is CC(Cn1ccnc1)NC(N)=O. The number of primary amides is 1. The van der Waals surface area contributed by atoms with Crippen LogP contribution in [0.3, 0.4) is 0 Å². The zero-order valence-electron chi connectivity index (χ0n) is 6.90. The molecule has 1 atom stereocenters. The number of aromatic nitrogens is 2. The number of rotatable bonds is 3. The number of imidazole rings is 1. The summed E-state index contributed by atoms with van der Waals surface area (Å²) in [5.74, 6) is 0. The van der Waals surface area contributed by atoms with Gasteiger partial charge >= 0.3 is 6.03 Å². The molecule has 0 aromatic carbocycles. The lowest BCUT2D eigenvalue weighted by Crippen LogP contribution is -2.38. The third kappa shape index (κ3) is 2.61. The highest BCUT2D eigenvalue weighted by molar-refractivity contribution is 5.71. The molecule has 1 unspecified atom stereocenters. The number of amides is 2. The van der Waals surface area contributed by atoms with E-state index in [0.717, 1.165) is 0 Å². The van der Waals surface area contributed by atoms with E-state index in [2.05, 4.69) is 10.3 Å². The third-order valence-electron chi connectivity index (χ3n) is 1.43. The van der Waals surface area contributed by atoms with Gasteiger partial charge in [0, 0.05) is 25.0 Å². The molecule has 0 bridgehead atoms. The molecule has 0 saturated heterocycles. The minimum absolute atomic E-state index is 0.0247. The highest BCUT2D eigenvalue weighted by atomic mass is 16.2. The van der Waals surface area contributed by atoms with Crippen molar-refractivity contribution in [1.82, 2.24) is 14.9 Å². The van der Waals surface area contributed by atoms with E-state index in [1.54, 1.807) is 12.5 Å². The van der Waals surface area contributed by atoms with Gasteiger partial charge in [-0.3, -0.25) is 0 Å². The van der Waals surface area contributed by atoms with Crippen molar-refractivity contribution in [1.29, 1.82) is 0 Å². The zero-order chi connectivity index (χ0) is 8.97. The van der Waals surface area contributed by atoms with Crippen molar-refractivity contribution in [3.8, 4) is 0 Å². The van der Waals surface area contributed by atoms with Crippen LogP contribution in [0.25, 0.3) is 0 Å². The molecular formula is C7H12N4O. The second kappa shape index (κ2) is 3.75. The number of nitrogens with one attached hydrogen (secondary N) is 1. The molecule has 0 spiro atoms. The van der Waals surface area contributed by atoms with E-state index < -0.39 is 6.03 Å². The Balaban J connectivity index is 2.36. The van der Waals surface area contributed by atoms with Crippen LogP contribution < -0.4 is 11.1 Å². The van der Waals surface area contributed by atoms with Crippen LogP contribution in [0, 0.1) is 0 Å². The molecule has 1 aromatic heterocycles. The molecule has 0 aliphatic rings. The van der Waals surface area contributed by atoms with Gasteiger partial charge in [0.2, 0.25) is 0 Å². The Morgan fingerprint density at radius 2 is 2.58 bits per heavy atom. The summed E-state index contributed by atoms with van der Waals surface area (Å²) in [6.07, 6.45) is 5.22. The molecule has 5 nitrogen and oxygen atoms in total. The fourth-order valence-corrected chi connectivity index (χ4v) is 0.999. The number of hydrogen-bond donors (Lipinski definition) is 2. The van der Waals surface area contributed by atoms with Gasteiger partial charge in [0.15, 0.2) is 0 Å². The van der Waals surface area contributed by atoms with E-state index in [-0.39, 0.29) is 6.04 Å². The first-order valence-electron chi connectivity index (χ1n) is 3.70. The fourth-order valence-electron chi connectivity index (χ4n) is 0.999. The van der Waals surface area contributed by atoms with Crippen LogP contribution in [0.5, 0.6) is 0 Å². The number of hydrogen-bond acceptors (Lipinski definition) is 2. The minimum Gasteiger partial charge on any atom is -0.352 e. The molecule has 3 N–H and O–H groups in total. The molecule has 0 aliphatic heterocycles. The monoisotopic (exact) mass is 168 g/mol. The van der Waals surface area contributed by atoms with Gasteiger partial charge in [-0.2, -0.15) is 0 Å². The van der Waals surface area contributed by atoms with Crippen LogP contribution in [-0.2, 0) is 6.54 Å². The quantitative estimate of drug-likeness (QED) is 0.663. The standard InChI is InChI=1S/C7H12N4O/c1-6(10-7(8)12)4-11-3-2-9-5-11/h2-3,5-6H,4H2,1H3,(H3,8,10,12). The number of nitrogens with zero attached hydrogens (tertiary/aromatic N) is 2. The molecule has 1 rings (SSSR count). The molecule has 5 heteroatoms. The second-order valence-electron chi connectivity index (χ2n) is 2.67. The molecule has 0 radical (unpaired) electrons. The van der Waals surface area contributed by atoms with Gasteiger partial charge in [-0.15, -0.1) is 0 Å². The average molecular weight is 168 g/mol. The third-order valence-corrected chi connectivity index (χ3v) is 1.43. The first-order valence-corrected chi connectivity index (χ1v) is 3.70. The van der Waals surface area contributed by atoms with Gasteiger partial charge in [-0.1, -0.05) is 0 Å². The zero-order valence-corrected chi connectivity index (χ0v) is 6.90. The average Bonchev–Trinajstić information content (AvgIpc) is 2.37. The van der Waals surface area contributed by atoms with E-state index in [0.29, 0.717) is 6.54 Å². The predicted molar refractivity (Wildman–Crippen MR) is 44.4 cm³/mol. The van der Waals surface area contributed by atoms with Gasteiger partial charge < -0.3 is 15.6 Å². The molecule has 0 saturated carbocycles. The Labute approximate surface area is 70.6 Å². The van der Waals surface area contributed by atoms with E-state index in [1.807, 2.05) is 17.7 Å². The lowest BCUT2D eigenvalue weighted by molar-refractivity contribution is 0.245. The highest BCUT2D eigenvalue weighted by Gasteiger charge is 2.03. The number of carbonyl (C=O) groups excluding carboxylic acids is 1. The van der Waals surface area contributed by atoms with Crippen LogP contribution in [0.2, 0.25) is 0 Å². The van der Waals surface area contributed by atoms with Crippen molar-refractivity contribution in [2.75, 3.05) is 0 Å². The van der Waals surface area contributed by atoms with E-state index in [1.165, 1.54) is 0 Å². The Morgan fingerprint density at radius 3 is 3.08 bits per heavy atom. The minimum atomic E-state index is -0.498. The van der Waals surface area contributed by atoms with Crippen molar-refractivity contribution < 1.29 is 4.79 Å². The first kappa shape index (κ1) is 8.58. The normalized spacial score (nSPS) is 12.4. The molecule has 1 aromatic rings. The molecule has 66 valence electrons. The highest BCUT2D eigenvalue weighted by Crippen LogP contribution is 1.90. The van der Waals surface area contributed by atoms with Gasteiger partial charge in [0.05, 0.1) is 6.33 Å². The van der Waals surface area contributed by atoms with Crippen LogP contribution >= 0.6 is 0 Å². The maximum absolute atomic E-state index is 10.4. The fraction of sp³-hybridized carbons (Fsp3) is 0.429. The number of carbonyl (C=O) groups is 1. The summed E-state index contributed by atoms with van der Waals surface area (Å²) in [6, 6.07) is -0.473. The van der Waals surface area contributed by atoms with Crippen molar-refractivity contribution in [3.05, 3.63) is 18.7 Å². The van der Waals surface area contributed by atoms with Crippen LogP contribution in [0.4, 0.5) is 4.79 Å². The predicted octanol–water partition coefficient (Wildman–Crippen LogP) is -0.0601. The molecular weight excluding hydrogens is 156 g/mol. The van der Waals surface area contributed by atoms with E-state index >= 15 is 0 Å². The largest absolute Gasteiger partial charge is 0.352 e. The number of urea groups is 1. The molecule has 2 amide bonds. The Morgan fingerprint density at radius 1 is 1.83 bits per heavy atom. The summed E-state index contributed by atoms with van der Waals surface area (Å²) in [6.45, 7) is 2.56. The summed E-state index contributed by atoms with van der Waals surface area (Å²) >= 11 is 0. The van der Waals surface area contributed by atoms with Crippen LogP contribution in [0.1, 0.15) is 6.92 Å². The smallest absolute Gasteiger partial charge is 0.312 e. The Bertz CT molecular complexity index is 244. The van der Waals surface area contributed by atoms with Crippen molar-refractivity contribution in [3.63, 3.8) is 0 Å². The van der Waals surface area contributed by atoms with Crippen LogP contribution in [0.15, 0.2) is 18.7 Å². The van der Waals surface area contributed by atoms with E-state index in [9.17, 15) is 4.79 Å². The lowest BCUT2D eigenvalue weighted by Gasteiger charge is -2.11. The van der Waals surface area contributed by atoms with Gasteiger partial charge in [-0.05, 0) is 6.92 Å². The van der Waals surface area contributed by atoms with Crippen LogP contribution in [-0.4, -0.2) is 21.6 Å². The summed E-state index contributed by atoms with van der Waals surface area (Å²) < 4.78 is 1.88. The molecule has 12 heavy (non-hydrogen) atoms. The molecule has 1 heterocycles. The Kier molecular flexibility index (Phi) is 2.68. The summed E-state index contributed by atoms with van der Waals surface area (Å²) in [5.41, 5.74) is 4.95. The topological polar surface area (TPSA) is 72.9 Å². The second-order valence-corrected chi connectivity index (χ2v) is 2.67. The maximum atomic E-state index is 10.4. The van der Waals surface area contributed by atoms with Gasteiger partial charge in [-0.25, -0.2) is 9.78 Å². The van der Waals surface area contributed by atoms with Gasteiger partial charge in [0.25, 0.3) is 0 Å². The maximum Gasteiger partial charge on any atom is 0.312 e. The summed E-state index contributed by atoms with van der Waals surface area (Å²) in [5, 5.41) is 2.57. The van der Waals surface area contributed by atoms with Gasteiger partial charge in [0.1, 0.15) is 0 Å². The summed E-state index contributed by atoms with van der Waals surface area (Å²) in [7, 11) is 0. The molecule has 0 fully saturated rings. The number of nitrogens with two attached hydrogens (primary N) is 1. The molecule has 0 aliphatic carbocycles. The summed E-state index contributed by atoms with van der Waals surface area (Å²) in [4.78, 5) is 14.3. The Hall–Kier alpha value is -1.52. The van der Waals surface area contributed by atoms with E-state index in [4.69, 9.17) is 5.73 Å². The first-order chi connectivity index (χ1) is 5.68. The lowest BCUT2D eigenvalue weighted by atomic mass is 10.3.